The van der Waals surface area contributed by atoms with Gasteiger partial charge in [0.2, 0.25) is 11.8 Å². The summed E-state index contributed by atoms with van der Waals surface area (Å²) in [4.78, 5) is 68.3. The van der Waals surface area contributed by atoms with Crippen LogP contribution in [0.2, 0.25) is 0 Å². The summed E-state index contributed by atoms with van der Waals surface area (Å²) in [5.41, 5.74) is -0.116. The van der Waals surface area contributed by atoms with Gasteiger partial charge < -0.3 is 10.2 Å². The van der Waals surface area contributed by atoms with E-state index < -0.39 is 35.4 Å². The lowest BCUT2D eigenvalue weighted by Gasteiger charge is -2.18. The predicted molar refractivity (Wildman–Crippen MR) is 148 cm³/mol. The van der Waals surface area contributed by atoms with E-state index in [4.69, 9.17) is 0 Å². The van der Waals surface area contributed by atoms with Gasteiger partial charge in [0.15, 0.2) is 5.82 Å². The lowest BCUT2D eigenvalue weighted by atomic mass is 10.1. The molecular weight excluding hydrogens is 555 g/mol. The minimum Gasteiger partial charge on any atom is -0.350 e. The molecule has 1 atom stereocenters. The number of aryl methyl sites for hydroxylation is 1. The van der Waals surface area contributed by atoms with Gasteiger partial charge in [-0.05, 0) is 39.3 Å². The number of nitrogens with zero attached hydrogens (tertiary/aromatic N) is 6. The fourth-order valence-electron chi connectivity index (χ4n) is 4.08. The van der Waals surface area contributed by atoms with Gasteiger partial charge in [0.05, 0.1) is 48.2 Å². The van der Waals surface area contributed by atoms with Crippen LogP contribution in [0.25, 0.3) is 11.3 Å². The van der Waals surface area contributed by atoms with E-state index >= 15 is 0 Å². The summed E-state index contributed by atoms with van der Waals surface area (Å²) in [5.74, 6) is -2.32. The van der Waals surface area contributed by atoms with Crippen molar-refractivity contribution in [2.24, 2.45) is 10.9 Å². The molecular formula is C28H30F3N7O4. The Morgan fingerprint density at radius 3 is 2.50 bits per heavy atom. The van der Waals surface area contributed by atoms with Gasteiger partial charge in [-0.2, -0.15) is 13.2 Å². The number of nitrogens with one attached hydrogen (secondary N) is 1. The van der Waals surface area contributed by atoms with Crippen LogP contribution in [0.5, 0.6) is 0 Å². The summed E-state index contributed by atoms with van der Waals surface area (Å²) in [6.07, 6.45) is 2.26. The van der Waals surface area contributed by atoms with Crippen molar-refractivity contribution >= 4 is 35.5 Å². The Balaban J connectivity index is 1.75. The molecule has 3 heterocycles. The number of amides is 3. The van der Waals surface area contributed by atoms with Crippen LogP contribution in [0.1, 0.15) is 39.0 Å². The quantitative estimate of drug-likeness (QED) is 0.367. The number of halogens is 3. The molecule has 0 radical (unpaired) electrons. The number of carbonyl (C=O) groups is 4. The SMILES string of the molecule is CC(=O)CN1C(=O)CN(C)C(/N=C\C(C)=C/[C@@H](C)C(=O)Nc2cncc(-c3cnc(C)c(C(F)(F)F)c3)n2)=C(C)C1=O. The summed E-state index contributed by atoms with van der Waals surface area (Å²) >= 11 is 0. The lowest BCUT2D eigenvalue weighted by Crippen LogP contribution is -2.42. The van der Waals surface area contributed by atoms with Crippen molar-refractivity contribution in [3.05, 3.63) is 59.0 Å². The molecule has 3 amide bonds. The standard InChI is InChI=1S/C28H30F3N7O4/c1-15(9-34-25-18(4)27(42)38(13-17(3)39)24(40)14-37(25)6)7-16(2)26(41)36-23-12-32-11-22(35-23)20-8-21(28(29,30)31)19(5)33-10-20/h7-12,16H,13-14H2,1-6H3,(H,35,36,41)/b15-7-,34-9-/t16-/m1/s1. The van der Waals surface area contributed by atoms with Crippen molar-refractivity contribution in [2.75, 3.05) is 25.5 Å². The van der Waals surface area contributed by atoms with E-state index in [1.54, 1.807) is 27.0 Å². The predicted octanol–water partition coefficient (Wildman–Crippen LogP) is 3.58. The number of imide groups is 1. The summed E-state index contributed by atoms with van der Waals surface area (Å²) in [6.45, 7) is 6.89. The molecule has 1 aliphatic heterocycles. The number of aliphatic imine (C=N–C) groups is 1. The first-order valence-electron chi connectivity index (χ1n) is 12.7. The van der Waals surface area contributed by atoms with Crippen LogP contribution >= 0.6 is 0 Å². The Morgan fingerprint density at radius 2 is 1.86 bits per heavy atom. The second kappa shape index (κ2) is 12.8. The molecule has 0 saturated heterocycles. The van der Waals surface area contributed by atoms with E-state index in [2.05, 4.69) is 25.3 Å². The Bertz CT molecular complexity index is 1520. The van der Waals surface area contributed by atoms with Crippen molar-refractivity contribution in [3.63, 3.8) is 0 Å². The van der Waals surface area contributed by atoms with Crippen molar-refractivity contribution in [2.45, 2.75) is 40.8 Å². The number of rotatable bonds is 8. The third-order valence-electron chi connectivity index (χ3n) is 6.21. The highest BCUT2D eigenvalue weighted by Gasteiger charge is 2.34. The number of allylic oxidation sites excluding steroid dienone is 1. The van der Waals surface area contributed by atoms with Crippen molar-refractivity contribution < 1.29 is 32.3 Å². The number of aromatic nitrogens is 3. The highest BCUT2D eigenvalue weighted by Crippen LogP contribution is 2.33. The average Bonchev–Trinajstić information content (AvgIpc) is 2.97. The molecule has 1 aliphatic rings. The van der Waals surface area contributed by atoms with Crippen LogP contribution in [0.3, 0.4) is 0 Å². The van der Waals surface area contributed by atoms with Gasteiger partial charge in [0, 0.05) is 30.7 Å². The highest BCUT2D eigenvalue weighted by atomic mass is 19.4. The maximum absolute atomic E-state index is 13.3. The molecule has 2 aromatic rings. The molecule has 1 N–H and O–H groups in total. The Kier molecular flexibility index (Phi) is 9.71. The smallest absolute Gasteiger partial charge is 0.350 e. The zero-order valence-corrected chi connectivity index (χ0v) is 23.9. The van der Waals surface area contributed by atoms with E-state index in [9.17, 15) is 32.3 Å². The third-order valence-corrected chi connectivity index (χ3v) is 6.21. The third kappa shape index (κ3) is 7.71. The fraction of sp³-hybridized carbons (Fsp3) is 0.357. The van der Waals surface area contributed by atoms with Crippen molar-refractivity contribution in [1.29, 1.82) is 0 Å². The number of alkyl halides is 3. The number of hydrogen-bond donors (Lipinski definition) is 1. The first kappa shape index (κ1) is 31.8. The largest absolute Gasteiger partial charge is 0.418 e. The van der Waals surface area contributed by atoms with Gasteiger partial charge >= 0.3 is 6.18 Å². The van der Waals surface area contributed by atoms with E-state index in [1.165, 1.54) is 50.5 Å². The van der Waals surface area contributed by atoms with Crippen LogP contribution in [0.15, 0.2) is 52.7 Å². The minimum absolute atomic E-state index is 0.0392. The van der Waals surface area contributed by atoms with E-state index in [0.717, 1.165) is 11.0 Å². The van der Waals surface area contributed by atoms with Crippen molar-refractivity contribution in [3.8, 4) is 11.3 Å². The molecule has 11 nitrogen and oxygen atoms in total. The van der Waals surface area contributed by atoms with Gasteiger partial charge in [-0.25, -0.2) is 9.98 Å². The molecule has 0 unspecified atom stereocenters. The molecule has 42 heavy (non-hydrogen) atoms. The number of anilines is 1. The van der Waals surface area contributed by atoms with Crippen LogP contribution in [0, 0.1) is 12.8 Å². The second-order valence-electron chi connectivity index (χ2n) is 9.88. The van der Waals surface area contributed by atoms with Gasteiger partial charge in [0.25, 0.3) is 5.91 Å². The number of ketones is 1. The number of likely N-dealkylation sites (N-methyl/N-ethyl adjacent to an activating group) is 1. The van der Waals surface area contributed by atoms with Crippen LogP contribution in [0.4, 0.5) is 19.0 Å². The molecule has 0 aliphatic carbocycles. The Hall–Kier alpha value is -4.75. The Morgan fingerprint density at radius 1 is 1.17 bits per heavy atom. The average molecular weight is 586 g/mol. The molecule has 0 spiro atoms. The molecule has 3 rings (SSSR count). The molecule has 0 fully saturated rings. The first-order chi connectivity index (χ1) is 19.6. The van der Waals surface area contributed by atoms with E-state index in [1.807, 2.05) is 0 Å². The zero-order valence-electron chi connectivity index (χ0n) is 23.9. The van der Waals surface area contributed by atoms with Crippen molar-refractivity contribution in [1.82, 2.24) is 24.8 Å². The lowest BCUT2D eigenvalue weighted by molar-refractivity contribution is -0.144. The normalized spacial score (nSPS) is 15.8. The number of pyridine rings is 1. The van der Waals surface area contributed by atoms with Gasteiger partial charge in [0.1, 0.15) is 11.6 Å². The number of carbonyl (C=O) groups excluding carboxylic acids is 4. The van der Waals surface area contributed by atoms with E-state index in [0.29, 0.717) is 5.57 Å². The molecule has 14 heteroatoms. The first-order valence-corrected chi connectivity index (χ1v) is 12.7. The van der Waals surface area contributed by atoms with Gasteiger partial charge in [-0.1, -0.05) is 13.0 Å². The van der Waals surface area contributed by atoms with Crippen LogP contribution in [-0.4, -0.2) is 74.6 Å². The van der Waals surface area contributed by atoms with Crippen LogP contribution < -0.4 is 5.32 Å². The van der Waals surface area contributed by atoms with Gasteiger partial charge in [-0.15, -0.1) is 0 Å². The molecule has 222 valence electrons. The number of hydrogen-bond acceptors (Lipinski definition) is 9. The maximum atomic E-state index is 13.3. The fourth-order valence-corrected chi connectivity index (χ4v) is 4.08. The molecule has 0 bridgehead atoms. The molecule has 2 aromatic heterocycles. The summed E-state index contributed by atoms with van der Waals surface area (Å²) < 4.78 is 39.9. The minimum atomic E-state index is -4.58. The van der Waals surface area contributed by atoms with Crippen LogP contribution in [-0.2, 0) is 25.4 Å². The second-order valence-corrected chi connectivity index (χ2v) is 9.88. The molecule has 0 saturated carbocycles. The number of Topliss-reactive ketones (excluding diaryl/α,β-unsaturated/α-hetero) is 1. The zero-order chi connectivity index (χ0) is 31.4. The highest BCUT2D eigenvalue weighted by molar-refractivity contribution is 6.08. The summed E-state index contributed by atoms with van der Waals surface area (Å²) in [6, 6.07) is 0.930. The molecule has 0 aromatic carbocycles. The topological polar surface area (TPSA) is 138 Å². The maximum Gasteiger partial charge on any atom is 0.418 e. The van der Waals surface area contributed by atoms with Gasteiger partial charge in [-0.3, -0.25) is 34.0 Å². The monoisotopic (exact) mass is 585 g/mol. The Labute approximate surface area is 240 Å². The summed E-state index contributed by atoms with van der Waals surface area (Å²) in [7, 11) is 1.60. The summed E-state index contributed by atoms with van der Waals surface area (Å²) in [5, 5.41) is 2.60. The van der Waals surface area contributed by atoms with E-state index in [-0.39, 0.29) is 53.0 Å².